The van der Waals surface area contributed by atoms with E-state index in [0.29, 0.717) is 16.8 Å². The maximum absolute atomic E-state index is 12.0. The van der Waals surface area contributed by atoms with Gasteiger partial charge in [0.15, 0.2) is 11.5 Å². The molecule has 2 aliphatic rings. The normalized spacial score (nSPS) is 18.0. The highest BCUT2D eigenvalue weighted by atomic mass is 16.6. The first kappa shape index (κ1) is 19.5. The zero-order chi connectivity index (χ0) is 21.3. The van der Waals surface area contributed by atoms with E-state index in [1.807, 2.05) is 24.3 Å². The summed E-state index contributed by atoms with van der Waals surface area (Å²) < 4.78 is 11.4. The summed E-state index contributed by atoms with van der Waals surface area (Å²) in [4.78, 5) is 22.8. The standard InChI is InChI=1S/C22H19NO7/c24-19(25)8-6-14-11-29-21-18(30-14)7-5-13(20(21)22(26)27)9-16-15-4-2-1-3-12(15)10-17(16)23-28/h1-5,7,9-10,14,23,28H,6,8,11H2,(H,24,25)(H,26,27)/b16-9+/t14-/m0/s1. The molecule has 0 saturated carbocycles. The highest BCUT2D eigenvalue weighted by Gasteiger charge is 2.29. The van der Waals surface area contributed by atoms with Gasteiger partial charge in [-0.1, -0.05) is 30.3 Å². The molecule has 30 heavy (non-hydrogen) atoms. The molecule has 1 heterocycles. The van der Waals surface area contributed by atoms with Crippen LogP contribution in [0.25, 0.3) is 17.7 Å². The van der Waals surface area contributed by atoms with Crippen LogP contribution in [0.4, 0.5) is 0 Å². The van der Waals surface area contributed by atoms with Crippen LogP contribution in [0.1, 0.15) is 39.9 Å². The van der Waals surface area contributed by atoms with Crippen LogP contribution in [0.3, 0.4) is 0 Å². The van der Waals surface area contributed by atoms with Crippen molar-refractivity contribution >= 4 is 29.7 Å². The van der Waals surface area contributed by atoms with Gasteiger partial charge in [-0.05, 0) is 41.3 Å². The number of nitrogens with one attached hydrogen (secondary N) is 1. The number of hydroxylamine groups is 1. The van der Waals surface area contributed by atoms with Crippen molar-refractivity contribution in [3.63, 3.8) is 0 Å². The van der Waals surface area contributed by atoms with Crippen molar-refractivity contribution in [1.82, 2.24) is 5.48 Å². The predicted octanol–water partition coefficient (Wildman–Crippen LogP) is 3.26. The van der Waals surface area contributed by atoms with Crippen molar-refractivity contribution in [2.45, 2.75) is 18.9 Å². The average molecular weight is 409 g/mol. The first-order valence-electron chi connectivity index (χ1n) is 9.32. The van der Waals surface area contributed by atoms with Gasteiger partial charge in [0, 0.05) is 12.0 Å². The summed E-state index contributed by atoms with van der Waals surface area (Å²) in [6.07, 6.45) is 3.17. The lowest BCUT2D eigenvalue weighted by atomic mass is 9.98. The summed E-state index contributed by atoms with van der Waals surface area (Å²) in [5.74, 6) is -1.74. The molecule has 1 aliphatic heterocycles. The second-order valence-electron chi connectivity index (χ2n) is 6.96. The van der Waals surface area contributed by atoms with Crippen molar-refractivity contribution < 1.29 is 34.5 Å². The summed E-state index contributed by atoms with van der Waals surface area (Å²) >= 11 is 0. The fourth-order valence-corrected chi connectivity index (χ4v) is 3.62. The molecule has 0 fully saturated rings. The lowest BCUT2D eigenvalue weighted by molar-refractivity contribution is -0.137. The number of allylic oxidation sites excluding steroid dienone is 1. The summed E-state index contributed by atoms with van der Waals surface area (Å²) in [6, 6.07) is 10.7. The topological polar surface area (TPSA) is 125 Å². The Morgan fingerprint density at radius 3 is 2.70 bits per heavy atom. The molecule has 2 aromatic rings. The molecule has 0 unspecified atom stereocenters. The zero-order valence-electron chi connectivity index (χ0n) is 15.8. The number of aromatic carboxylic acids is 1. The molecule has 8 heteroatoms. The van der Waals surface area contributed by atoms with E-state index in [4.69, 9.17) is 14.6 Å². The van der Waals surface area contributed by atoms with E-state index in [2.05, 4.69) is 5.48 Å². The van der Waals surface area contributed by atoms with E-state index >= 15 is 0 Å². The highest BCUT2D eigenvalue weighted by Crippen LogP contribution is 2.41. The molecule has 8 nitrogen and oxygen atoms in total. The number of rotatable bonds is 6. The van der Waals surface area contributed by atoms with Gasteiger partial charge in [-0.15, -0.1) is 0 Å². The van der Waals surface area contributed by atoms with Crippen LogP contribution >= 0.6 is 0 Å². The Labute approximate surface area is 171 Å². The Balaban J connectivity index is 1.73. The number of carbonyl (C=O) groups is 2. The predicted molar refractivity (Wildman–Crippen MR) is 107 cm³/mol. The Morgan fingerprint density at radius 1 is 1.17 bits per heavy atom. The zero-order valence-corrected chi connectivity index (χ0v) is 15.8. The van der Waals surface area contributed by atoms with E-state index in [1.165, 1.54) is 0 Å². The summed E-state index contributed by atoms with van der Waals surface area (Å²) in [7, 11) is 0. The molecule has 0 saturated heterocycles. The molecule has 0 aromatic heterocycles. The molecule has 0 radical (unpaired) electrons. The fraction of sp³-hybridized carbons (Fsp3) is 0.182. The molecule has 0 amide bonds. The summed E-state index contributed by atoms with van der Waals surface area (Å²) in [5, 5.41) is 28.2. The molecule has 4 rings (SSSR count). The Bertz CT molecular complexity index is 1090. The quantitative estimate of drug-likeness (QED) is 0.536. The van der Waals surface area contributed by atoms with Crippen LogP contribution in [0.15, 0.2) is 42.1 Å². The number of hydrogen-bond donors (Lipinski definition) is 4. The number of carboxylic acids is 2. The van der Waals surface area contributed by atoms with Gasteiger partial charge in [0.25, 0.3) is 0 Å². The third-order valence-electron chi connectivity index (χ3n) is 5.02. The van der Waals surface area contributed by atoms with Crippen LogP contribution in [0, 0.1) is 0 Å². The van der Waals surface area contributed by atoms with Crippen LogP contribution in [0.2, 0.25) is 0 Å². The maximum atomic E-state index is 12.0. The molecular formula is C22H19NO7. The van der Waals surface area contributed by atoms with E-state index < -0.39 is 18.0 Å². The summed E-state index contributed by atoms with van der Waals surface area (Å²) in [5.41, 5.74) is 5.35. The monoisotopic (exact) mass is 409 g/mol. The average Bonchev–Trinajstić information content (AvgIpc) is 3.09. The highest BCUT2D eigenvalue weighted by molar-refractivity contribution is 6.04. The minimum atomic E-state index is -1.18. The molecule has 4 N–H and O–H groups in total. The van der Waals surface area contributed by atoms with E-state index in [9.17, 15) is 19.9 Å². The first-order chi connectivity index (χ1) is 14.5. The van der Waals surface area contributed by atoms with Crippen LogP contribution in [-0.4, -0.2) is 40.1 Å². The van der Waals surface area contributed by atoms with Gasteiger partial charge in [-0.3, -0.25) is 15.5 Å². The Morgan fingerprint density at radius 2 is 1.97 bits per heavy atom. The third-order valence-corrected chi connectivity index (χ3v) is 5.02. The van der Waals surface area contributed by atoms with Gasteiger partial charge in [-0.25, -0.2) is 4.79 Å². The first-order valence-corrected chi connectivity index (χ1v) is 9.32. The number of carboxylic acid groups (broad SMARTS) is 2. The molecule has 154 valence electrons. The van der Waals surface area contributed by atoms with Gasteiger partial charge in [0.2, 0.25) is 0 Å². The van der Waals surface area contributed by atoms with Crippen LogP contribution < -0.4 is 15.0 Å². The maximum Gasteiger partial charge on any atom is 0.340 e. The van der Waals surface area contributed by atoms with Crippen LogP contribution in [-0.2, 0) is 4.79 Å². The van der Waals surface area contributed by atoms with Crippen molar-refractivity contribution in [3.8, 4) is 11.5 Å². The molecule has 0 bridgehead atoms. The lowest BCUT2D eigenvalue weighted by Crippen LogP contribution is -2.30. The van der Waals surface area contributed by atoms with Gasteiger partial charge >= 0.3 is 11.9 Å². The van der Waals surface area contributed by atoms with Crippen molar-refractivity contribution in [2.75, 3.05) is 6.61 Å². The van der Waals surface area contributed by atoms with Gasteiger partial charge in [0.05, 0.1) is 5.70 Å². The minimum absolute atomic E-state index is 0.0571. The molecule has 2 aromatic carbocycles. The number of fused-ring (bicyclic) bond motifs is 2. The number of benzene rings is 2. The van der Waals surface area contributed by atoms with E-state index in [1.54, 1.807) is 24.3 Å². The molecular weight excluding hydrogens is 390 g/mol. The third kappa shape index (κ3) is 3.60. The number of ether oxygens (including phenoxy) is 2. The van der Waals surface area contributed by atoms with E-state index in [-0.39, 0.29) is 36.5 Å². The smallest absolute Gasteiger partial charge is 0.340 e. The number of hydrogen-bond acceptors (Lipinski definition) is 6. The van der Waals surface area contributed by atoms with Crippen molar-refractivity contribution in [2.24, 2.45) is 0 Å². The van der Waals surface area contributed by atoms with Crippen LogP contribution in [0.5, 0.6) is 11.5 Å². The summed E-state index contributed by atoms with van der Waals surface area (Å²) in [6.45, 7) is 0.0623. The molecule has 1 aliphatic carbocycles. The fourth-order valence-electron chi connectivity index (χ4n) is 3.62. The number of aliphatic carboxylic acids is 1. The largest absolute Gasteiger partial charge is 0.485 e. The Hall–Kier alpha value is -3.78. The van der Waals surface area contributed by atoms with E-state index in [0.717, 1.165) is 11.1 Å². The van der Waals surface area contributed by atoms with Gasteiger partial charge < -0.3 is 19.7 Å². The SMILES string of the molecule is O=C(O)CC[C@H]1COc2c(ccc(/C=C3/C(NO)=Cc4ccccc43)c2C(=O)O)O1. The Kier molecular flexibility index (Phi) is 5.16. The van der Waals surface area contributed by atoms with Crippen molar-refractivity contribution in [3.05, 3.63) is 64.3 Å². The minimum Gasteiger partial charge on any atom is -0.485 e. The molecule has 0 spiro atoms. The van der Waals surface area contributed by atoms with Crippen molar-refractivity contribution in [1.29, 1.82) is 0 Å². The second kappa shape index (κ2) is 7.92. The van der Waals surface area contributed by atoms with Gasteiger partial charge in [-0.2, -0.15) is 0 Å². The second-order valence-corrected chi connectivity index (χ2v) is 6.96. The van der Waals surface area contributed by atoms with Gasteiger partial charge in [0.1, 0.15) is 18.3 Å². The lowest BCUT2D eigenvalue weighted by Gasteiger charge is -2.27. The molecule has 1 atom stereocenters.